The number of hydrogen-bond acceptors (Lipinski definition) is 6. The van der Waals surface area contributed by atoms with E-state index in [-0.39, 0.29) is 5.97 Å². The van der Waals surface area contributed by atoms with E-state index >= 15 is 0 Å². The van der Waals surface area contributed by atoms with Crippen LogP contribution < -0.4 is 5.32 Å². The normalized spacial score (nSPS) is 9.88. The van der Waals surface area contributed by atoms with Crippen molar-refractivity contribution in [1.82, 2.24) is 9.97 Å². The van der Waals surface area contributed by atoms with Crippen molar-refractivity contribution in [1.29, 1.82) is 0 Å². The standard InChI is InChI=1S/C10H15N3O2S/c1-3-15-10(14)7-16-6-8-4-13-9(11-2)5-12-8/h4-5H,3,6-7H2,1-2H3,(H,11,13). The van der Waals surface area contributed by atoms with Gasteiger partial charge in [0.05, 0.1) is 30.4 Å². The van der Waals surface area contributed by atoms with Gasteiger partial charge in [0.1, 0.15) is 5.82 Å². The van der Waals surface area contributed by atoms with Crippen molar-refractivity contribution in [2.45, 2.75) is 12.7 Å². The highest BCUT2D eigenvalue weighted by atomic mass is 32.2. The molecule has 0 saturated heterocycles. The van der Waals surface area contributed by atoms with Crippen LogP contribution in [-0.4, -0.2) is 35.3 Å². The molecule has 0 saturated carbocycles. The summed E-state index contributed by atoms with van der Waals surface area (Å²) in [7, 11) is 1.79. The third kappa shape index (κ3) is 4.48. The maximum absolute atomic E-state index is 11.0. The number of anilines is 1. The van der Waals surface area contributed by atoms with Gasteiger partial charge in [0, 0.05) is 12.8 Å². The molecule has 6 heteroatoms. The van der Waals surface area contributed by atoms with E-state index in [0.29, 0.717) is 18.1 Å². The van der Waals surface area contributed by atoms with Crippen LogP contribution in [0.15, 0.2) is 12.4 Å². The fourth-order valence-corrected chi connectivity index (χ4v) is 1.71. The van der Waals surface area contributed by atoms with Crippen LogP contribution in [-0.2, 0) is 15.3 Å². The van der Waals surface area contributed by atoms with E-state index < -0.39 is 0 Å². The molecule has 1 N–H and O–H groups in total. The summed E-state index contributed by atoms with van der Waals surface area (Å²) in [6, 6.07) is 0. The molecule has 1 aromatic rings. The monoisotopic (exact) mass is 241 g/mol. The number of carbonyl (C=O) groups excluding carboxylic acids is 1. The predicted molar refractivity (Wildman–Crippen MR) is 64.4 cm³/mol. The van der Waals surface area contributed by atoms with Gasteiger partial charge in [-0.15, -0.1) is 11.8 Å². The topological polar surface area (TPSA) is 64.1 Å². The zero-order chi connectivity index (χ0) is 11.8. The van der Waals surface area contributed by atoms with Crippen LogP contribution in [0.5, 0.6) is 0 Å². The minimum atomic E-state index is -0.188. The van der Waals surface area contributed by atoms with Crippen LogP contribution in [0, 0.1) is 0 Å². The number of nitrogens with zero attached hydrogens (tertiary/aromatic N) is 2. The molecule has 0 aliphatic heterocycles. The molecular weight excluding hydrogens is 226 g/mol. The Kier molecular flexibility index (Phi) is 5.63. The average molecular weight is 241 g/mol. The maximum Gasteiger partial charge on any atom is 0.315 e. The highest BCUT2D eigenvalue weighted by molar-refractivity contribution is 7.99. The molecule has 5 nitrogen and oxygen atoms in total. The molecule has 0 aromatic carbocycles. The molecule has 0 bridgehead atoms. The van der Waals surface area contributed by atoms with Gasteiger partial charge < -0.3 is 10.1 Å². The number of aromatic nitrogens is 2. The molecule has 0 fully saturated rings. The lowest BCUT2D eigenvalue weighted by Gasteiger charge is -2.02. The number of nitrogens with one attached hydrogen (secondary N) is 1. The lowest BCUT2D eigenvalue weighted by Crippen LogP contribution is -2.07. The highest BCUT2D eigenvalue weighted by Crippen LogP contribution is 2.10. The third-order valence-corrected chi connectivity index (χ3v) is 2.68. The van der Waals surface area contributed by atoms with Gasteiger partial charge in [0.25, 0.3) is 0 Å². The molecule has 0 unspecified atom stereocenters. The van der Waals surface area contributed by atoms with Crippen molar-refractivity contribution in [3.05, 3.63) is 18.1 Å². The Bertz CT molecular complexity index is 329. The average Bonchev–Trinajstić information content (AvgIpc) is 2.30. The first kappa shape index (κ1) is 12.8. The molecule has 0 atom stereocenters. The summed E-state index contributed by atoms with van der Waals surface area (Å²) in [5, 5.41) is 2.89. The molecule has 0 radical (unpaired) electrons. The van der Waals surface area contributed by atoms with Crippen LogP contribution in [0.1, 0.15) is 12.6 Å². The Morgan fingerprint density at radius 3 is 2.88 bits per heavy atom. The zero-order valence-electron chi connectivity index (χ0n) is 9.40. The highest BCUT2D eigenvalue weighted by Gasteiger charge is 2.03. The Morgan fingerprint density at radius 2 is 2.31 bits per heavy atom. The van der Waals surface area contributed by atoms with Crippen LogP contribution in [0.4, 0.5) is 5.82 Å². The SMILES string of the molecule is CCOC(=O)CSCc1cnc(NC)cn1. The predicted octanol–water partition coefficient (Wildman–Crippen LogP) is 1.31. The van der Waals surface area contributed by atoms with Gasteiger partial charge in [0.2, 0.25) is 0 Å². The van der Waals surface area contributed by atoms with E-state index in [1.165, 1.54) is 11.8 Å². The summed E-state index contributed by atoms with van der Waals surface area (Å²) < 4.78 is 4.81. The van der Waals surface area contributed by atoms with Crippen molar-refractivity contribution in [3.8, 4) is 0 Å². The Morgan fingerprint density at radius 1 is 1.50 bits per heavy atom. The smallest absolute Gasteiger partial charge is 0.315 e. The van der Waals surface area contributed by atoms with Crippen LogP contribution in [0.25, 0.3) is 0 Å². The van der Waals surface area contributed by atoms with Crippen molar-refractivity contribution >= 4 is 23.5 Å². The molecular formula is C10H15N3O2S. The number of esters is 1. The number of rotatable bonds is 6. The maximum atomic E-state index is 11.0. The van der Waals surface area contributed by atoms with Gasteiger partial charge in [0.15, 0.2) is 0 Å². The molecule has 0 amide bonds. The first-order chi connectivity index (χ1) is 7.76. The largest absolute Gasteiger partial charge is 0.465 e. The lowest BCUT2D eigenvalue weighted by atomic mass is 10.5. The zero-order valence-corrected chi connectivity index (χ0v) is 10.2. The Labute approximate surface area is 99.0 Å². The van der Waals surface area contributed by atoms with Crippen LogP contribution in [0.3, 0.4) is 0 Å². The van der Waals surface area contributed by atoms with E-state index in [2.05, 4.69) is 15.3 Å². The minimum absolute atomic E-state index is 0.188. The van der Waals surface area contributed by atoms with Crippen LogP contribution >= 0.6 is 11.8 Å². The molecule has 0 aliphatic carbocycles. The summed E-state index contributed by atoms with van der Waals surface area (Å²) in [6.07, 6.45) is 3.37. The van der Waals surface area contributed by atoms with Crippen molar-refractivity contribution in [2.24, 2.45) is 0 Å². The van der Waals surface area contributed by atoms with E-state index in [4.69, 9.17) is 4.74 Å². The summed E-state index contributed by atoms with van der Waals surface area (Å²) in [5.74, 6) is 1.56. The fraction of sp³-hybridized carbons (Fsp3) is 0.500. The van der Waals surface area contributed by atoms with Gasteiger partial charge in [-0.3, -0.25) is 9.78 Å². The lowest BCUT2D eigenvalue weighted by molar-refractivity contribution is -0.139. The molecule has 0 aliphatic rings. The summed E-state index contributed by atoms with van der Waals surface area (Å²) in [4.78, 5) is 19.4. The van der Waals surface area contributed by atoms with E-state index in [9.17, 15) is 4.79 Å². The molecule has 88 valence electrons. The second-order valence-corrected chi connectivity index (χ2v) is 3.93. The number of ether oxygens (including phenoxy) is 1. The third-order valence-electron chi connectivity index (χ3n) is 1.74. The number of carbonyl (C=O) groups is 1. The molecule has 1 heterocycles. The van der Waals surface area contributed by atoms with E-state index in [1.54, 1.807) is 26.4 Å². The van der Waals surface area contributed by atoms with Gasteiger partial charge in [-0.1, -0.05) is 0 Å². The fourth-order valence-electron chi connectivity index (χ4n) is 1.000. The first-order valence-corrected chi connectivity index (χ1v) is 6.13. The Hall–Kier alpha value is -1.30. The summed E-state index contributed by atoms with van der Waals surface area (Å²) in [5.41, 5.74) is 0.855. The summed E-state index contributed by atoms with van der Waals surface area (Å²) in [6.45, 7) is 2.22. The molecule has 1 aromatic heterocycles. The van der Waals surface area contributed by atoms with Crippen molar-refractivity contribution in [2.75, 3.05) is 24.7 Å². The first-order valence-electron chi connectivity index (χ1n) is 4.98. The molecule has 16 heavy (non-hydrogen) atoms. The second kappa shape index (κ2) is 7.05. The van der Waals surface area contributed by atoms with E-state index in [0.717, 1.165) is 11.5 Å². The Balaban J connectivity index is 2.29. The minimum Gasteiger partial charge on any atom is -0.465 e. The van der Waals surface area contributed by atoms with Gasteiger partial charge in [-0.25, -0.2) is 4.98 Å². The molecule has 0 spiro atoms. The van der Waals surface area contributed by atoms with Crippen LogP contribution in [0.2, 0.25) is 0 Å². The number of hydrogen-bond donors (Lipinski definition) is 1. The number of thioether (sulfide) groups is 1. The van der Waals surface area contributed by atoms with E-state index in [1.807, 2.05) is 0 Å². The van der Waals surface area contributed by atoms with Gasteiger partial charge >= 0.3 is 5.97 Å². The van der Waals surface area contributed by atoms with Crippen molar-refractivity contribution < 1.29 is 9.53 Å². The molecule has 1 rings (SSSR count). The quantitative estimate of drug-likeness (QED) is 0.758. The second-order valence-electron chi connectivity index (χ2n) is 2.94. The van der Waals surface area contributed by atoms with Gasteiger partial charge in [-0.05, 0) is 6.92 Å². The van der Waals surface area contributed by atoms with Crippen molar-refractivity contribution in [3.63, 3.8) is 0 Å². The summed E-state index contributed by atoms with van der Waals surface area (Å²) >= 11 is 1.47. The van der Waals surface area contributed by atoms with Gasteiger partial charge in [-0.2, -0.15) is 0 Å².